The number of aromatic amines is 1. The van der Waals surface area contributed by atoms with Crippen molar-refractivity contribution in [2.45, 2.75) is 20.8 Å². The third-order valence-corrected chi connectivity index (χ3v) is 2.29. The fourth-order valence-electron chi connectivity index (χ4n) is 1.42. The number of rotatable bonds is 1. The normalized spacial score (nSPS) is 11.9. The number of Topliss-reactive ketones (excluding diaryl/α,β-unsaturated/α-hetero) is 1. The van der Waals surface area contributed by atoms with E-state index in [1.165, 1.54) is 0 Å². The predicted molar refractivity (Wildman–Crippen MR) is 59.9 cm³/mol. The van der Waals surface area contributed by atoms with E-state index in [9.17, 15) is 4.79 Å². The number of benzene rings is 1. The highest BCUT2D eigenvalue weighted by Gasteiger charge is 2.25. The van der Waals surface area contributed by atoms with E-state index in [-0.39, 0.29) is 5.78 Å². The number of nitrogens with zero attached hydrogens (tertiary/aromatic N) is 1. The van der Waals surface area contributed by atoms with Gasteiger partial charge in [-0.25, -0.2) is 4.98 Å². The number of para-hydroxylation sites is 2. The van der Waals surface area contributed by atoms with Crippen LogP contribution in [0, 0.1) is 5.41 Å². The number of hydrogen-bond acceptors (Lipinski definition) is 2. The van der Waals surface area contributed by atoms with Crippen LogP contribution in [-0.4, -0.2) is 15.8 Å². The third kappa shape index (κ3) is 1.77. The molecular formula is C12H14N2O. The molecule has 15 heavy (non-hydrogen) atoms. The molecule has 0 amide bonds. The van der Waals surface area contributed by atoms with Gasteiger partial charge in [0.25, 0.3) is 0 Å². The fraction of sp³-hybridized carbons (Fsp3) is 0.333. The highest BCUT2D eigenvalue weighted by atomic mass is 16.1. The Bertz CT molecular complexity index is 473. The molecule has 0 radical (unpaired) electrons. The summed E-state index contributed by atoms with van der Waals surface area (Å²) in [7, 11) is 0. The van der Waals surface area contributed by atoms with E-state index in [1.54, 1.807) is 0 Å². The van der Waals surface area contributed by atoms with Crippen molar-refractivity contribution in [1.82, 2.24) is 9.97 Å². The second-order valence-corrected chi connectivity index (χ2v) is 4.68. The van der Waals surface area contributed by atoms with Crippen LogP contribution in [0.4, 0.5) is 0 Å². The van der Waals surface area contributed by atoms with Gasteiger partial charge in [0.15, 0.2) is 5.82 Å². The van der Waals surface area contributed by atoms with Crippen molar-refractivity contribution in [3.05, 3.63) is 30.1 Å². The monoisotopic (exact) mass is 202 g/mol. The summed E-state index contributed by atoms with van der Waals surface area (Å²) in [5.74, 6) is 0.488. The average Bonchev–Trinajstić information content (AvgIpc) is 2.58. The van der Waals surface area contributed by atoms with Gasteiger partial charge in [-0.2, -0.15) is 0 Å². The minimum atomic E-state index is -0.395. The van der Waals surface area contributed by atoms with E-state index in [0.29, 0.717) is 5.82 Å². The Morgan fingerprint density at radius 1 is 1.27 bits per heavy atom. The molecule has 1 N–H and O–H groups in total. The van der Waals surface area contributed by atoms with Gasteiger partial charge >= 0.3 is 0 Å². The molecule has 2 rings (SSSR count). The van der Waals surface area contributed by atoms with Crippen molar-refractivity contribution in [1.29, 1.82) is 0 Å². The minimum absolute atomic E-state index is 0.0405. The van der Waals surface area contributed by atoms with Gasteiger partial charge < -0.3 is 4.98 Å². The van der Waals surface area contributed by atoms with E-state index >= 15 is 0 Å². The molecule has 78 valence electrons. The molecule has 1 aromatic heterocycles. The third-order valence-electron chi connectivity index (χ3n) is 2.29. The molecule has 0 bridgehead atoms. The number of carbonyl (C=O) groups excluding carboxylic acids is 1. The van der Waals surface area contributed by atoms with Crippen LogP contribution in [0.3, 0.4) is 0 Å². The highest BCUT2D eigenvalue weighted by molar-refractivity contribution is 5.99. The van der Waals surface area contributed by atoms with Crippen LogP contribution in [0.1, 0.15) is 31.4 Å². The number of ketones is 1. The number of H-pyrrole nitrogens is 1. The topological polar surface area (TPSA) is 45.8 Å². The summed E-state index contributed by atoms with van der Waals surface area (Å²) >= 11 is 0. The SMILES string of the molecule is CC(C)(C)C(=O)c1nc2ccccc2[nH]1. The van der Waals surface area contributed by atoms with Crippen molar-refractivity contribution in [3.63, 3.8) is 0 Å². The number of imidazole rings is 1. The first-order valence-electron chi connectivity index (χ1n) is 4.98. The van der Waals surface area contributed by atoms with Gasteiger partial charge in [0, 0.05) is 5.41 Å². The van der Waals surface area contributed by atoms with Crippen molar-refractivity contribution in [2.75, 3.05) is 0 Å². The number of nitrogens with one attached hydrogen (secondary N) is 1. The summed E-state index contributed by atoms with van der Waals surface area (Å²) < 4.78 is 0. The molecule has 0 aliphatic rings. The maximum absolute atomic E-state index is 11.9. The predicted octanol–water partition coefficient (Wildman–Crippen LogP) is 2.79. The molecule has 1 heterocycles. The van der Waals surface area contributed by atoms with Crippen molar-refractivity contribution >= 4 is 16.8 Å². The molecule has 3 nitrogen and oxygen atoms in total. The molecule has 2 aromatic rings. The number of aromatic nitrogens is 2. The van der Waals surface area contributed by atoms with Crippen LogP contribution in [0.2, 0.25) is 0 Å². The van der Waals surface area contributed by atoms with Crippen LogP contribution in [0.25, 0.3) is 11.0 Å². The lowest BCUT2D eigenvalue weighted by Gasteiger charge is -2.13. The Hall–Kier alpha value is -1.64. The zero-order chi connectivity index (χ0) is 11.1. The molecule has 0 saturated heterocycles. The first-order chi connectivity index (χ1) is 6.98. The van der Waals surface area contributed by atoms with Gasteiger partial charge in [-0.1, -0.05) is 32.9 Å². The molecule has 1 aromatic carbocycles. The maximum Gasteiger partial charge on any atom is 0.203 e. The highest BCUT2D eigenvalue weighted by Crippen LogP contribution is 2.20. The summed E-state index contributed by atoms with van der Waals surface area (Å²) in [6.07, 6.45) is 0. The molecule has 0 saturated carbocycles. The summed E-state index contributed by atoms with van der Waals surface area (Å²) in [6.45, 7) is 5.67. The van der Waals surface area contributed by atoms with Crippen molar-refractivity contribution in [2.24, 2.45) is 5.41 Å². The van der Waals surface area contributed by atoms with E-state index in [1.807, 2.05) is 45.0 Å². The molecule has 0 spiro atoms. The molecule has 0 unspecified atom stereocenters. The van der Waals surface area contributed by atoms with Gasteiger partial charge in [-0.3, -0.25) is 4.79 Å². The zero-order valence-corrected chi connectivity index (χ0v) is 9.16. The second kappa shape index (κ2) is 3.19. The standard InChI is InChI=1S/C12H14N2O/c1-12(2,3)10(15)11-13-8-6-4-5-7-9(8)14-11/h4-7H,1-3H3,(H,13,14). The van der Waals surface area contributed by atoms with Crippen LogP contribution >= 0.6 is 0 Å². The smallest absolute Gasteiger partial charge is 0.203 e. The first kappa shape index (κ1) is 9.90. The fourth-order valence-corrected chi connectivity index (χ4v) is 1.42. The molecule has 3 heteroatoms. The second-order valence-electron chi connectivity index (χ2n) is 4.68. The van der Waals surface area contributed by atoms with Crippen LogP contribution in [0.15, 0.2) is 24.3 Å². The van der Waals surface area contributed by atoms with Crippen LogP contribution < -0.4 is 0 Å². The zero-order valence-electron chi connectivity index (χ0n) is 9.16. The summed E-state index contributed by atoms with van der Waals surface area (Å²) in [5.41, 5.74) is 1.35. The van der Waals surface area contributed by atoms with E-state index < -0.39 is 5.41 Å². The Morgan fingerprint density at radius 3 is 2.53 bits per heavy atom. The molecule has 0 fully saturated rings. The van der Waals surface area contributed by atoms with Crippen LogP contribution in [-0.2, 0) is 0 Å². The number of carbonyl (C=O) groups is 1. The largest absolute Gasteiger partial charge is 0.335 e. The van der Waals surface area contributed by atoms with Crippen LogP contribution in [0.5, 0.6) is 0 Å². The van der Waals surface area contributed by atoms with Gasteiger partial charge in [0.1, 0.15) is 0 Å². The average molecular weight is 202 g/mol. The van der Waals surface area contributed by atoms with E-state index in [4.69, 9.17) is 0 Å². The summed E-state index contributed by atoms with van der Waals surface area (Å²) in [5, 5.41) is 0. The summed E-state index contributed by atoms with van der Waals surface area (Å²) in [6, 6.07) is 7.65. The van der Waals surface area contributed by atoms with Gasteiger partial charge in [-0.15, -0.1) is 0 Å². The number of hydrogen-bond donors (Lipinski definition) is 1. The Kier molecular flexibility index (Phi) is 2.11. The molecule has 0 aliphatic carbocycles. The molecule has 0 atom stereocenters. The molecular weight excluding hydrogens is 188 g/mol. The van der Waals surface area contributed by atoms with Gasteiger partial charge in [0.05, 0.1) is 11.0 Å². The molecule has 0 aliphatic heterocycles. The Morgan fingerprint density at radius 2 is 1.93 bits per heavy atom. The summed E-state index contributed by atoms with van der Waals surface area (Å²) in [4.78, 5) is 19.3. The van der Waals surface area contributed by atoms with E-state index in [0.717, 1.165) is 11.0 Å². The first-order valence-corrected chi connectivity index (χ1v) is 4.98. The Balaban J connectivity index is 2.50. The maximum atomic E-state index is 11.9. The van der Waals surface area contributed by atoms with E-state index in [2.05, 4.69) is 9.97 Å². The minimum Gasteiger partial charge on any atom is -0.335 e. The number of fused-ring (bicyclic) bond motifs is 1. The Labute approximate surface area is 88.5 Å². The van der Waals surface area contributed by atoms with Crippen molar-refractivity contribution < 1.29 is 4.79 Å². The quantitative estimate of drug-likeness (QED) is 0.723. The van der Waals surface area contributed by atoms with Gasteiger partial charge in [0.2, 0.25) is 5.78 Å². The van der Waals surface area contributed by atoms with Gasteiger partial charge in [-0.05, 0) is 12.1 Å². The van der Waals surface area contributed by atoms with Crippen molar-refractivity contribution in [3.8, 4) is 0 Å². The lowest BCUT2D eigenvalue weighted by molar-refractivity contribution is 0.0848. The lowest BCUT2D eigenvalue weighted by Crippen LogP contribution is -2.21. The lowest BCUT2D eigenvalue weighted by atomic mass is 9.90.